The molecule has 1 aromatic carbocycles. The molecule has 3 N–H and O–H groups in total. The van der Waals surface area contributed by atoms with Crippen LogP contribution in [0.5, 0.6) is 0 Å². The largest absolute Gasteiger partial charge is 0.383 e. The lowest BCUT2D eigenvalue weighted by atomic mass is 10.1. The first-order valence-corrected chi connectivity index (χ1v) is 11.9. The zero-order chi connectivity index (χ0) is 26.0. The number of benzene rings is 1. The van der Waals surface area contributed by atoms with Crippen LogP contribution < -0.4 is 15.7 Å². The summed E-state index contributed by atoms with van der Waals surface area (Å²) in [6.45, 7) is 7.36. The molecular formula is C26H32N7O3+. The molecule has 4 rings (SSSR count). The lowest BCUT2D eigenvalue weighted by Crippen LogP contribution is -2.37. The molecule has 0 unspecified atom stereocenters. The van der Waals surface area contributed by atoms with Crippen molar-refractivity contribution in [3.63, 3.8) is 0 Å². The highest BCUT2D eigenvalue weighted by Crippen LogP contribution is 2.32. The molecule has 2 amide bonds. The molecule has 2 atom stereocenters. The number of carbonyl (C=O) groups excluding carboxylic acids is 2. The first-order valence-electron chi connectivity index (χ1n) is 11.9. The van der Waals surface area contributed by atoms with Gasteiger partial charge in [-0.05, 0) is 43.5 Å². The number of nitrogens with zero attached hydrogens (tertiary/aromatic N) is 5. The van der Waals surface area contributed by atoms with E-state index in [1.54, 1.807) is 23.7 Å². The van der Waals surface area contributed by atoms with E-state index in [-0.39, 0.29) is 23.6 Å². The molecule has 3 aromatic rings. The summed E-state index contributed by atoms with van der Waals surface area (Å²) in [7, 11) is 5.31. The number of amides is 2. The first-order chi connectivity index (χ1) is 17.3. The fraction of sp³-hybridized carbons (Fsp3) is 0.385. The number of carbonyl (C=O) groups is 2. The summed E-state index contributed by atoms with van der Waals surface area (Å²) in [6.07, 6.45) is 3.96. The summed E-state index contributed by atoms with van der Waals surface area (Å²) in [5.74, 6) is 5.87. The van der Waals surface area contributed by atoms with E-state index in [2.05, 4.69) is 46.6 Å². The Kier molecular flexibility index (Phi) is 7.12. The van der Waals surface area contributed by atoms with Gasteiger partial charge in [-0.25, -0.2) is 4.68 Å². The molecule has 10 nitrogen and oxygen atoms in total. The predicted molar refractivity (Wildman–Crippen MR) is 136 cm³/mol. The van der Waals surface area contributed by atoms with Gasteiger partial charge >= 0.3 is 0 Å². The van der Waals surface area contributed by atoms with Crippen LogP contribution in [0.15, 0.2) is 37.1 Å². The second kappa shape index (κ2) is 10.3. The van der Waals surface area contributed by atoms with Crippen molar-refractivity contribution in [3.05, 3.63) is 53.9 Å². The molecule has 0 aliphatic carbocycles. The molecule has 0 radical (unpaired) electrons. The molecule has 3 heterocycles. The number of ether oxygens (including phenoxy) is 1. The van der Waals surface area contributed by atoms with Crippen molar-refractivity contribution in [1.29, 1.82) is 0 Å². The molecule has 1 aliphatic heterocycles. The van der Waals surface area contributed by atoms with Gasteiger partial charge in [-0.15, -0.1) is 4.68 Å². The van der Waals surface area contributed by atoms with Gasteiger partial charge in [-0.3, -0.25) is 9.59 Å². The van der Waals surface area contributed by atoms with E-state index in [1.807, 2.05) is 29.9 Å². The van der Waals surface area contributed by atoms with Crippen molar-refractivity contribution in [3.8, 4) is 11.8 Å². The van der Waals surface area contributed by atoms with Crippen LogP contribution in [-0.2, 0) is 23.1 Å². The number of hydrogen-bond donors (Lipinski definition) is 2. The third-order valence-corrected chi connectivity index (χ3v) is 6.59. The number of aryl methyl sites for hydroxylation is 2. The molecule has 2 aromatic heterocycles. The highest BCUT2D eigenvalue weighted by atomic mass is 16.5. The second-order valence-electron chi connectivity index (χ2n) is 8.77. The minimum absolute atomic E-state index is 0.130. The van der Waals surface area contributed by atoms with Crippen LogP contribution in [0.3, 0.4) is 0 Å². The standard InChI is InChI=1S/C26H31N7O3/c1-6-23(34)31-15-19(13-20(31)16-36-5)33-26(28-3)24(25(27)35)21(29-33)10-8-17-9-11-22-18(12-17)14-30(4)32(22)7-2/h6,9,11-12,14,19-20H,1,7,13,15-16H2,2-5H3,(H2-,27,28,29,35)/p+1/t19-,20+/m0/s1. The number of rotatable bonds is 7. The maximum atomic E-state index is 12.4. The third-order valence-electron chi connectivity index (χ3n) is 6.59. The molecule has 1 aliphatic rings. The van der Waals surface area contributed by atoms with E-state index in [0.717, 1.165) is 23.0 Å². The minimum Gasteiger partial charge on any atom is -0.383 e. The third kappa shape index (κ3) is 4.45. The summed E-state index contributed by atoms with van der Waals surface area (Å²) < 4.78 is 11.2. The van der Waals surface area contributed by atoms with Gasteiger partial charge in [0.05, 0.1) is 30.6 Å². The van der Waals surface area contributed by atoms with Crippen LogP contribution in [0.2, 0.25) is 0 Å². The topological polar surface area (TPSA) is 111 Å². The Bertz CT molecular complexity index is 1390. The maximum absolute atomic E-state index is 12.4. The summed E-state index contributed by atoms with van der Waals surface area (Å²) in [6, 6.07) is 5.69. The monoisotopic (exact) mass is 490 g/mol. The number of hydrogen-bond acceptors (Lipinski definition) is 5. The summed E-state index contributed by atoms with van der Waals surface area (Å²) in [5, 5.41) is 8.81. The number of aromatic nitrogens is 4. The summed E-state index contributed by atoms with van der Waals surface area (Å²) >= 11 is 0. The van der Waals surface area contributed by atoms with Crippen molar-refractivity contribution < 1.29 is 19.0 Å². The number of methoxy groups -OCH3 is 1. The molecule has 1 fully saturated rings. The first kappa shape index (κ1) is 25.0. The number of nitrogens with one attached hydrogen (secondary N) is 1. The average Bonchev–Trinajstić information content (AvgIpc) is 3.54. The number of likely N-dealkylation sites (tertiary alicyclic amines) is 1. The molecule has 1 saturated heterocycles. The van der Waals surface area contributed by atoms with E-state index < -0.39 is 5.91 Å². The van der Waals surface area contributed by atoms with Gasteiger partial charge in [-0.2, -0.15) is 9.78 Å². The predicted octanol–water partition coefficient (Wildman–Crippen LogP) is 1.20. The molecule has 0 bridgehead atoms. The number of fused-ring (bicyclic) bond motifs is 1. The van der Waals surface area contributed by atoms with Gasteiger partial charge in [0.25, 0.3) is 5.91 Å². The zero-order valence-electron chi connectivity index (χ0n) is 21.1. The van der Waals surface area contributed by atoms with E-state index in [1.165, 1.54) is 6.08 Å². The van der Waals surface area contributed by atoms with Crippen LogP contribution in [-0.4, -0.2) is 64.5 Å². The van der Waals surface area contributed by atoms with E-state index in [0.29, 0.717) is 31.1 Å². The van der Waals surface area contributed by atoms with Crippen LogP contribution in [0.1, 0.15) is 41.0 Å². The van der Waals surface area contributed by atoms with Crippen molar-refractivity contribution in [2.24, 2.45) is 12.8 Å². The molecular weight excluding hydrogens is 458 g/mol. The molecule has 0 saturated carbocycles. The minimum atomic E-state index is -0.622. The molecule has 0 spiro atoms. The smallest absolute Gasteiger partial charge is 0.255 e. The zero-order valence-corrected chi connectivity index (χ0v) is 21.1. The number of nitrogens with two attached hydrogens (primary N) is 1. The number of anilines is 1. The van der Waals surface area contributed by atoms with Crippen molar-refractivity contribution in [2.75, 3.05) is 32.6 Å². The fourth-order valence-electron chi connectivity index (χ4n) is 5.00. The molecule has 36 heavy (non-hydrogen) atoms. The van der Waals surface area contributed by atoms with Crippen molar-refractivity contribution in [1.82, 2.24) is 19.4 Å². The van der Waals surface area contributed by atoms with Crippen molar-refractivity contribution >= 4 is 28.5 Å². The Morgan fingerprint density at radius 1 is 1.39 bits per heavy atom. The molecule has 10 heteroatoms. The summed E-state index contributed by atoms with van der Waals surface area (Å²) in [4.78, 5) is 26.6. The highest BCUT2D eigenvalue weighted by Gasteiger charge is 2.37. The second-order valence-corrected chi connectivity index (χ2v) is 8.77. The quantitative estimate of drug-likeness (QED) is 0.294. The lowest BCUT2D eigenvalue weighted by Gasteiger charge is -2.22. The Hall–Kier alpha value is -4.10. The SMILES string of the molecule is C=CC(=O)N1C[C@@H](n2nc(C#Cc3ccc4c(c3)c[n+](C)n4CC)c(C(N)=O)c2NC)C[C@@H]1COC. The Balaban J connectivity index is 1.72. The van der Waals surface area contributed by atoms with Gasteiger partial charge in [0, 0.05) is 26.3 Å². The normalized spacial score (nSPS) is 17.2. The lowest BCUT2D eigenvalue weighted by molar-refractivity contribution is -0.750. The fourth-order valence-corrected chi connectivity index (χ4v) is 5.00. The van der Waals surface area contributed by atoms with Crippen LogP contribution in [0.4, 0.5) is 5.82 Å². The van der Waals surface area contributed by atoms with E-state index in [4.69, 9.17) is 10.5 Å². The van der Waals surface area contributed by atoms with E-state index >= 15 is 0 Å². The number of primary amides is 1. The van der Waals surface area contributed by atoms with Crippen LogP contribution >= 0.6 is 0 Å². The van der Waals surface area contributed by atoms with Crippen LogP contribution in [0, 0.1) is 11.8 Å². The van der Waals surface area contributed by atoms with Gasteiger partial charge < -0.3 is 20.7 Å². The summed E-state index contributed by atoms with van der Waals surface area (Å²) in [5.41, 5.74) is 8.19. The Labute approximate surface area is 210 Å². The Morgan fingerprint density at radius 3 is 2.81 bits per heavy atom. The Morgan fingerprint density at radius 2 is 2.17 bits per heavy atom. The van der Waals surface area contributed by atoms with Gasteiger partial charge in [0.2, 0.25) is 12.1 Å². The maximum Gasteiger partial charge on any atom is 0.255 e. The van der Waals surface area contributed by atoms with Gasteiger partial charge in [-0.1, -0.05) is 12.5 Å². The van der Waals surface area contributed by atoms with E-state index in [9.17, 15) is 9.59 Å². The van der Waals surface area contributed by atoms with Gasteiger partial charge in [0.1, 0.15) is 16.9 Å². The van der Waals surface area contributed by atoms with Crippen LogP contribution in [0.25, 0.3) is 10.9 Å². The molecule has 188 valence electrons. The van der Waals surface area contributed by atoms with Crippen molar-refractivity contribution in [2.45, 2.75) is 32.0 Å². The highest BCUT2D eigenvalue weighted by molar-refractivity contribution is 6.00. The van der Waals surface area contributed by atoms with Gasteiger partial charge in [0.15, 0.2) is 12.7 Å². The average molecular weight is 491 g/mol.